The molecule has 2 amide bonds. The molecule has 3 unspecified atom stereocenters. The van der Waals surface area contributed by atoms with Crippen molar-refractivity contribution in [1.29, 1.82) is 0 Å². The first-order chi connectivity index (χ1) is 62.2. The molecule has 768 valence electrons. The SMILES string of the molecule is CCC(C)(C)C(=O)O.CCC(C)(C)C(=O)OCC(C)O.CCC(C)(C)C(=O)OCCCCCC(=O)O.CCC(C)(C)C(=O)OCCOC(=O)c1ccccc1C(=O)O.CCC(C)(C)C(=O)OCc1ccccc1.CCCCC(CC)COC(=O)CCCCCOC(=O)NCCOC(=O)C(C)(C)CC.CCCCC(CC)COC(=O)CCCCCOC(=O)NCCOC(=O)C(C)(C)CC. The van der Waals surface area contributed by atoms with Crippen molar-refractivity contribution in [3.8, 4) is 0 Å². The number of rotatable bonds is 59. The van der Waals surface area contributed by atoms with Gasteiger partial charge in [-0.1, -0.05) is 157 Å². The largest absolute Gasteiger partial charge is 0.481 e. The molecular formula is C102H176N2O29. The number of alkyl carbamates (subject to hydrolysis) is 2. The second kappa shape index (κ2) is 75.8. The van der Waals surface area contributed by atoms with E-state index in [1.54, 1.807) is 40.7 Å². The molecule has 0 bridgehead atoms. The summed E-state index contributed by atoms with van der Waals surface area (Å²) >= 11 is 0. The molecule has 2 rings (SSSR count). The zero-order valence-electron chi connectivity index (χ0n) is 86.2. The minimum Gasteiger partial charge on any atom is -0.481 e. The molecule has 0 fully saturated rings. The molecule has 31 nitrogen and oxygen atoms in total. The van der Waals surface area contributed by atoms with Crippen LogP contribution in [0.4, 0.5) is 9.59 Å². The molecule has 2 aromatic carbocycles. The predicted molar refractivity (Wildman–Crippen MR) is 513 cm³/mol. The zero-order chi connectivity index (χ0) is 103. The lowest BCUT2D eigenvalue weighted by Gasteiger charge is -2.20. The number of aromatic carboxylic acids is 1. The Kier molecular flexibility index (Phi) is 75.3. The summed E-state index contributed by atoms with van der Waals surface area (Å²) in [4.78, 5) is 160. The molecule has 0 aliphatic heterocycles. The number of carboxylic acid groups (broad SMARTS) is 3. The lowest BCUT2D eigenvalue weighted by atomic mass is 9.91. The van der Waals surface area contributed by atoms with Gasteiger partial charge in [0.2, 0.25) is 0 Å². The Morgan fingerprint density at radius 1 is 0.323 bits per heavy atom. The van der Waals surface area contributed by atoms with E-state index >= 15 is 0 Å². The molecule has 0 aliphatic rings. The van der Waals surface area contributed by atoms with Crippen LogP contribution in [0.2, 0.25) is 0 Å². The van der Waals surface area contributed by atoms with Crippen LogP contribution in [0.1, 0.15) is 380 Å². The number of carboxylic acids is 3. The maximum absolute atomic E-state index is 11.8. The summed E-state index contributed by atoms with van der Waals surface area (Å²) < 4.78 is 56.3. The summed E-state index contributed by atoms with van der Waals surface area (Å²) in [6.07, 6.45) is 19.9. The quantitative estimate of drug-likeness (QED) is 0.0203. The smallest absolute Gasteiger partial charge is 0.407 e. The van der Waals surface area contributed by atoms with Crippen LogP contribution < -0.4 is 10.6 Å². The van der Waals surface area contributed by atoms with Gasteiger partial charge in [-0.3, -0.25) is 47.9 Å². The molecule has 0 saturated carbocycles. The Labute approximate surface area is 796 Å². The van der Waals surface area contributed by atoms with E-state index < -0.39 is 74.7 Å². The Hall–Kier alpha value is -9.42. The van der Waals surface area contributed by atoms with Crippen molar-refractivity contribution >= 4 is 83.8 Å². The van der Waals surface area contributed by atoms with E-state index in [1.165, 1.54) is 31.0 Å². The van der Waals surface area contributed by atoms with Gasteiger partial charge < -0.3 is 83.2 Å². The third kappa shape index (κ3) is 69.1. The Balaban J connectivity index is -0.000000496. The average molecular weight is 1890 g/mol. The standard InChI is InChI=1S/2C23H43NO6.C16H20O6.C13H18O2.C12H22O4.C9H18O3.C6H12O2/c2*1-6-9-13-19(7-2)18-30-20(25)14-11-10-12-16-29-22(27)24-15-17-28-21(26)23(4,5)8-3;1-4-16(2,3)15(20)22-10-9-21-14(19)12-8-6-5-7-11(12)13(17)18;1-4-13(2,3)12(14)15-10-11-8-6-5-7-9-11;1-4-12(2,3)11(15)16-9-7-5-6-8-10(13)14;1-5-9(3,4)8(11)12-6-7(2)10;1-4-6(2,3)5(7)8/h2*19H,6-18H2,1-5H3,(H,24,27);5-8H,4,9-10H2,1-3H3,(H,17,18);5-9H,4,10H2,1-3H3;4-9H2,1-3H3,(H,13,14);7,10H,5-6H2,1-4H3;4H2,1-3H3,(H,7,8). The van der Waals surface area contributed by atoms with Gasteiger partial charge in [0.15, 0.2) is 0 Å². The number of amides is 2. The van der Waals surface area contributed by atoms with Gasteiger partial charge in [0.25, 0.3) is 0 Å². The van der Waals surface area contributed by atoms with Crippen LogP contribution in [-0.4, -0.2) is 190 Å². The van der Waals surface area contributed by atoms with Crippen molar-refractivity contribution in [2.75, 3.05) is 79.2 Å². The summed E-state index contributed by atoms with van der Waals surface area (Å²) in [5.74, 6) is -4.30. The van der Waals surface area contributed by atoms with Crippen LogP contribution in [0, 0.1) is 49.7 Å². The predicted octanol–water partition coefficient (Wildman–Crippen LogP) is 21.2. The van der Waals surface area contributed by atoms with E-state index in [0.717, 1.165) is 102 Å². The zero-order valence-corrected chi connectivity index (χ0v) is 86.2. The Morgan fingerprint density at radius 2 is 0.639 bits per heavy atom. The fraction of sp³-hybridized carbons (Fsp3) is 0.745. The van der Waals surface area contributed by atoms with Crippen molar-refractivity contribution < 1.29 is 140 Å². The second-order valence-corrected chi connectivity index (χ2v) is 37.2. The van der Waals surface area contributed by atoms with E-state index in [1.807, 2.05) is 148 Å². The first-order valence-corrected chi connectivity index (χ1v) is 48.0. The van der Waals surface area contributed by atoms with Gasteiger partial charge in [0, 0.05) is 19.3 Å². The van der Waals surface area contributed by atoms with Gasteiger partial charge in [0.05, 0.1) is 101 Å². The Morgan fingerprint density at radius 3 is 0.962 bits per heavy atom. The number of aliphatic hydroxyl groups excluding tert-OH is 1. The molecule has 0 saturated heterocycles. The average Bonchev–Trinajstić information content (AvgIpc) is 0.842. The molecule has 2 aromatic rings. The fourth-order valence-electron chi connectivity index (χ4n) is 9.51. The van der Waals surface area contributed by atoms with E-state index in [2.05, 4.69) is 38.3 Å². The third-order valence-corrected chi connectivity index (χ3v) is 22.7. The summed E-state index contributed by atoms with van der Waals surface area (Å²) in [5, 5.41) is 39.8. The number of benzene rings is 2. The highest BCUT2D eigenvalue weighted by molar-refractivity contribution is 6.02. The molecule has 0 radical (unpaired) electrons. The first kappa shape index (κ1) is 132. The number of hydrogen-bond acceptors (Lipinski definition) is 26. The lowest BCUT2D eigenvalue weighted by molar-refractivity contribution is -0.157. The number of hydrogen-bond donors (Lipinski definition) is 6. The van der Waals surface area contributed by atoms with E-state index in [4.69, 9.17) is 72.5 Å². The first-order valence-electron chi connectivity index (χ1n) is 48.0. The fourth-order valence-corrected chi connectivity index (χ4v) is 9.51. The second-order valence-electron chi connectivity index (χ2n) is 37.2. The summed E-state index contributed by atoms with van der Waals surface area (Å²) in [6, 6.07) is 15.5. The van der Waals surface area contributed by atoms with Crippen LogP contribution in [0.25, 0.3) is 0 Å². The summed E-state index contributed by atoms with van der Waals surface area (Å²) in [5.41, 5.74) is -2.52. The Bertz CT molecular complexity index is 3480. The maximum Gasteiger partial charge on any atom is 0.407 e. The van der Waals surface area contributed by atoms with Gasteiger partial charge in [-0.05, 0) is 249 Å². The molecule has 0 aliphatic carbocycles. The van der Waals surface area contributed by atoms with E-state index in [9.17, 15) is 67.1 Å². The van der Waals surface area contributed by atoms with Gasteiger partial charge in [-0.2, -0.15) is 0 Å². The molecule has 3 atom stereocenters. The normalized spacial score (nSPS) is 11.8. The number of aliphatic carboxylic acids is 2. The molecule has 6 N–H and O–H groups in total. The monoisotopic (exact) mass is 1890 g/mol. The van der Waals surface area contributed by atoms with Gasteiger partial charge in [-0.25, -0.2) is 19.2 Å². The number of unbranched alkanes of at least 4 members (excludes halogenated alkanes) is 8. The molecule has 0 spiro atoms. The van der Waals surface area contributed by atoms with E-state index in [0.29, 0.717) is 109 Å². The minimum atomic E-state index is -1.20. The maximum atomic E-state index is 11.8. The van der Waals surface area contributed by atoms with Crippen LogP contribution >= 0.6 is 0 Å². The van der Waals surface area contributed by atoms with Gasteiger partial charge in [-0.15, -0.1) is 0 Å². The minimum absolute atomic E-state index is 0.0322. The lowest BCUT2D eigenvalue weighted by Crippen LogP contribution is -2.32. The van der Waals surface area contributed by atoms with Crippen LogP contribution in [0.3, 0.4) is 0 Å². The topological polar surface area (TPSA) is 445 Å². The molecule has 0 aromatic heterocycles. The van der Waals surface area contributed by atoms with Crippen molar-refractivity contribution in [2.45, 2.75) is 366 Å². The number of aliphatic hydroxyl groups is 1. The van der Waals surface area contributed by atoms with Crippen molar-refractivity contribution in [3.05, 3.63) is 71.3 Å². The number of carbonyl (C=O) groups excluding carboxylic acids is 11. The molecule has 133 heavy (non-hydrogen) atoms. The van der Waals surface area contributed by atoms with Crippen LogP contribution in [0.15, 0.2) is 54.6 Å². The van der Waals surface area contributed by atoms with Crippen LogP contribution in [0.5, 0.6) is 0 Å². The highest BCUT2D eigenvalue weighted by atomic mass is 16.6. The number of esters is 9. The van der Waals surface area contributed by atoms with Gasteiger partial charge >= 0.3 is 83.8 Å². The summed E-state index contributed by atoms with van der Waals surface area (Å²) in [7, 11) is 0. The third-order valence-electron chi connectivity index (χ3n) is 22.7. The number of nitrogens with one attached hydrogen (secondary N) is 2. The van der Waals surface area contributed by atoms with Gasteiger partial charge in [0.1, 0.15) is 39.6 Å². The van der Waals surface area contributed by atoms with Crippen molar-refractivity contribution in [2.24, 2.45) is 49.7 Å². The molecular weight excluding hydrogens is 1720 g/mol. The number of ether oxygens (including phenoxy) is 11. The molecule has 0 heterocycles. The number of carbonyl (C=O) groups is 14. The molecule has 31 heteroatoms. The van der Waals surface area contributed by atoms with Crippen LogP contribution in [-0.2, 0) is 107 Å². The summed E-state index contributed by atoms with van der Waals surface area (Å²) in [6.45, 7) is 52.1. The van der Waals surface area contributed by atoms with Crippen molar-refractivity contribution in [3.63, 3.8) is 0 Å². The highest BCUT2D eigenvalue weighted by Gasteiger charge is 2.33. The highest BCUT2D eigenvalue weighted by Crippen LogP contribution is 2.28. The van der Waals surface area contributed by atoms with Crippen molar-refractivity contribution in [1.82, 2.24) is 10.6 Å². The van der Waals surface area contributed by atoms with E-state index in [-0.39, 0.29) is 117 Å².